The summed E-state index contributed by atoms with van der Waals surface area (Å²) in [4.78, 5) is 7.44. The Hall–Kier alpha value is -2.24. The largest absolute Gasteiger partial charge is 0.505 e. The average molecular weight is 252 g/mol. The molecule has 0 bridgehead atoms. The number of nitrogens with zero attached hydrogens (tertiary/aromatic N) is 2. The minimum absolute atomic E-state index is 0.00718. The van der Waals surface area contributed by atoms with E-state index in [1.807, 2.05) is 0 Å². The molecule has 1 N–H and O–H groups in total. The molecule has 2 rings (SSSR count). The number of aromatic nitrogens is 2. The molecule has 18 heavy (non-hydrogen) atoms. The van der Waals surface area contributed by atoms with E-state index in [4.69, 9.17) is 9.84 Å². The van der Waals surface area contributed by atoms with Gasteiger partial charge in [0.15, 0.2) is 23.1 Å². The number of aromatic hydroxyl groups is 1. The molecule has 1 heterocycles. The second-order valence-corrected chi connectivity index (χ2v) is 3.44. The van der Waals surface area contributed by atoms with Crippen LogP contribution in [0.25, 0.3) is 11.4 Å². The minimum Gasteiger partial charge on any atom is -0.505 e. The predicted molar refractivity (Wildman–Crippen MR) is 60.2 cm³/mol. The first-order chi connectivity index (χ1) is 8.63. The lowest BCUT2D eigenvalue weighted by molar-refractivity contribution is 0.314. The van der Waals surface area contributed by atoms with E-state index in [9.17, 15) is 8.78 Å². The van der Waals surface area contributed by atoms with Crippen LogP contribution in [0, 0.1) is 11.6 Å². The molecule has 0 saturated heterocycles. The van der Waals surface area contributed by atoms with Crippen LogP contribution < -0.4 is 4.74 Å². The number of rotatable bonds is 3. The van der Waals surface area contributed by atoms with Crippen LogP contribution in [0.3, 0.4) is 0 Å². The Balaban J connectivity index is 2.46. The van der Waals surface area contributed by atoms with E-state index in [0.29, 0.717) is 0 Å². The highest BCUT2D eigenvalue weighted by Gasteiger charge is 2.17. The van der Waals surface area contributed by atoms with Gasteiger partial charge < -0.3 is 9.84 Å². The highest BCUT2D eigenvalue weighted by atomic mass is 19.2. The number of halogens is 2. The topological polar surface area (TPSA) is 55.2 Å². The first-order valence-electron chi connectivity index (χ1n) is 5.25. The predicted octanol–water partition coefficient (Wildman–Crippen LogP) is 2.53. The van der Waals surface area contributed by atoms with Gasteiger partial charge in [-0.2, -0.15) is 4.39 Å². The average Bonchev–Trinajstić information content (AvgIpc) is 2.37. The molecule has 0 spiro atoms. The third kappa shape index (κ3) is 2.22. The van der Waals surface area contributed by atoms with E-state index in [0.717, 1.165) is 12.4 Å². The molecular weight excluding hydrogens is 242 g/mol. The van der Waals surface area contributed by atoms with Crippen molar-refractivity contribution in [3.63, 3.8) is 0 Å². The van der Waals surface area contributed by atoms with Crippen LogP contribution in [0.2, 0.25) is 0 Å². The van der Waals surface area contributed by atoms with Gasteiger partial charge in [-0.05, 0) is 19.1 Å². The molecule has 0 fully saturated rings. The van der Waals surface area contributed by atoms with Gasteiger partial charge in [0.1, 0.15) is 0 Å². The highest BCUT2D eigenvalue weighted by Crippen LogP contribution is 2.28. The molecule has 0 unspecified atom stereocenters. The normalized spacial score (nSPS) is 10.4. The maximum atomic E-state index is 13.8. The lowest BCUT2D eigenvalue weighted by Gasteiger charge is -2.07. The van der Waals surface area contributed by atoms with Crippen LogP contribution in [0.4, 0.5) is 8.78 Å². The van der Waals surface area contributed by atoms with Gasteiger partial charge in [0.2, 0.25) is 5.82 Å². The van der Waals surface area contributed by atoms with Crippen LogP contribution in [0.5, 0.6) is 11.5 Å². The summed E-state index contributed by atoms with van der Waals surface area (Å²) in [6, 6.07) is 2.64. The molecule has 0 atom stereocenters. The zero-order chi connectivity index (χ0) is 13.1. The summed E-state index contributed by atoms with van der Waals surface area (Å²) in [6.07, 6.45) is 2.21. The van der Waals surface area contributed by atoms with Crippen molar-refractivity contribution in [2.45, 2.75) is 6.92 Å². The van der Waals surface area contributed by atoms with Gasteiger partial charge in [-0.15, -0.1) is 0 Å². The first kappa shape index (κ1) is 12.2. The summed E-state index contributed by atoms with van der Waals surface area (Å²) in [6.45, 7) is 1.92. The Kier molecular flexibility index (Phi) is 3.36. The molecule has 0 radical (unpaired) electrons. The molecular formula is C12H10F2N2O2. The highest BCUT2D eigenvalue weighted by molar-refractivity contribution is 5.57. The fourth-order valence-electron chi connectivity index (χ4n) is 1.43. The second-order valence-electron chi connectivity index (χ2n) is 3.44. The molecule has 0 aliphatic heterocycles. The summed E-state index contributed by atoms with van der Waals surface area (Å²) >= 11 is 0. The SMILES string of the molecule is CCOc1ccc(-c2ncc(O)cn2)c(F)c1F. The summed E-state index contributed by atoms with van der Waals surface area (Å²) in [5.41, 5.74) is -0.0871. The van der Waals surface area contributed by atoms with Crippen LogP contribution in [-0.2, 0) is 0 Å². The number of hydrogen-bond donors (Lipinski definition) is 1. The first-order valence-corrected chi connectivity index (χ1v) is 5.25. The van der Waals surface area contributed by atoms with Crippen LogP contribution in [-0.4, -0.2) is 21.7 Å². The Morgan fingerprint density at radius 1 is 1.17 bits per heavy atom. The quantitative estimate of drug-likeness (QED) is 0.911. The van der Waals surface area contributed by atoms with Gasteiger partial charge in [0.05, 0.1) is 24.6 Å². The van der Waals surface area contributed by atoms with Crippen molar-refractivity contribution in [2.75, 3.05) is 6.61 Å². The van der Waals surface area contributed by atoms with Crippen molar-refractivity contribution >= 4 is 0 Å². The lowest BCUT2D eigenvalue weighted by Crippen LogP contribution is -2.00. The van der Waals surface area contributed by atoms with Crippen LogP contribution >= 0.6 is 0 Å². The van der Waals surface area contributed by atoms with E-state index in [-0.39, 0.29) is 29.5 Å². The fourth-order valence-corrected chi connectivity index (χ4v) is 1.43. The minimum atomic E-state index is -1.08. The van der Waals surface area contributed by atoms with Gasteiger partial charge >= 0.3 is 0 Å². The summed E-state index contributed by atoms with van der Waals surface area (Å²) < 4.78 is 32.3. The van der Waals surface area contributed by atoms with Crippen molar-refractivity contribution in [3.8, 4) is 22.9 Å². The number of benzene rings is 1. The molecule has 0 aliphatic carbocycles. The summed E-state index contributed by atoms with van der Waals surface area (Å²) in [5, 5.41) is 9.03. The maximum absolute atomic E-state index is 13.8. The standard InChI is InChI=1S/C12H10F2N2O2/c1-2-18-9-4-3-8(10(13)11(9)14)12-15-5-7(17)6-16-12/h3-6,17H,2H2,1H3. The molecule has 1 aromatic heterocycles. The van der Waals surface area contributed by atoms with Gasteiger partial charge in [-0.3, -0.25) is 0 Å². The van der Waals surface area contributed by atoms with Crippen LogP contribution in [0.1, 0.15) is 6.92 Å². The van der Waals surface area contributed by atoms with Crippen molar-refractivity contribution in [3.05, 3.63) is 36.2 Å². The van der Waals surface area contributed by atoms with E-state index >= 15 is 0 Å². The molecule has 94 valence electrons. The molecule has 0 amide bonds. The molecule has 2 aromatic rings. The monoisotopic (exact) mass is 252 g/mol. The molecule has 0 saturated carbocycles. The number of hydrogen-bond acceptors (Lipinski definition) is 4. The number of ether oxygens (including phenoxy) is 1. The van der Waals surface area contributed by atoms with E-state index in [2.05, 4.69) is 9.97 Å². The Bertz CT molecular complexity index is 559. The van der Waals surface area contributed by atoms with Gasteiger partial charge in [-0.25, -0.2) is 14.4 Å². The van der Waals surface area contributed by atoms with Crippen LogP contribution in [0.15, 0.2) is 24.5 Å². The second kappa shape index (κ2) is 4.95. The van der Waals surface area contributed by atoms with Crippen molar-refractivity contribution < 1.29 is 18.6 Å². The maximum Gasteiger partial charge on any atom is 0.201 e. The molecule has 6 heteroatoms. The summed E-state index contributed by atoms with van der Waals surface area (Å²) in [5.74, 6) is -2.46. The molecule has 0 aliphatic rings. The van der Waals surface area contributed by atoms with Crippen molar-refractivity contribution in [1.82, 2.24) is 9.97 Å². The third-order valence-corrected chi connectivity index (χ3v) is 2.23. The lowest BCUT2D eigenvalue weighted by atomic mass is 10.2. The molecule has 4 nitrogen and oxygen atoms in total. The van der Waals surface area contributed by atoms with Crippen molar-refractivity contribution in [2.24, 2.45) is 0 Å². The van der Waals surface area contributed by atoms with Gasteiger partial charge in [0.25, 0.3) is 0 Å². The molecule has 1 aromatic carbocycles. The zero-order valence-electron chi connectivity index (χ0n) is 9.52. The summed E-state index contributed by atoms with van der Waals surface area (Å²) in [7, 11) is 0. The van der Waals surface area contributed by atoms with Crippen molar-refractivity contribution in [1.29, 1.82) is 0 Å². The fraction of sp³-hybridized carbons (Fsp3) is 0.167. The van der Waals surface area contributed by atoms with Gasteiger partial charge in [-0.1, -0.05) is 0 Å². The smallest absolute Gasteiger partial charge is 0.201 e. The third-order valence-electron chi connectivity index (χ3n) is 2.23. The Morgan fingerprint density at radius 2 is 1.83 bits per heavy atom. The van der Waals surface area contributed by atoms with E-state index < -0.39 is 11.6 Å². The van der Waals surface area contributed by atoms with E-state index in [1.165, 1.54) is 12.1 Å². The Morgan fingerprint density at radius 3 is 2.44 bits per heavy atom. The zero-order valence-corrected chi connectivity index (χ0v) is 9.52. The Labute approximate surface area is 102 Å². The van der Waals surface area contributed by atoms with E-state index in [1.54, 1.807) is 6.92 Å². The van der Waals surface area contributed by atoms with Gasteiger partial charge in [0, 0.05) is 0 Å².